The summed E-state index contributed by atoms with van der Waals surface area (Å²) in [4.78, 5) is 20.4. The zero-order chi connectivity index (χ0) is 15.0. The number of anilines is 2. The van der Waals surface area contributed by atoms with Crippen molar-refractivity contribution in [3.63, 3.8) is 0 Å². The Morgan fingerprint density at radius 3 is 2.40 bits per heavy atom. The maximum absolute atomic E-state index is 11.5. The molecule has 0 aliphatic rings. The molecule has 0 saturated carbocycles. The summed E-state index contributed by atoms with van der Waals surface area (Å²) in [5.41, 5.74) is 0. The van der Waals surface area contributed by atoms with E-state index in [4.69, 9.17) is 0 Å². The summed E-state index contributed by atoms with van der Waals surface area (Å²) in [6.07, 6.45) is 1.03. The van der Waals surface area contributed by atoms with Gasteiger partial charge in [-0.3, -0.25) is 4.79 Å². The molecule has 0 radical (unpaired) electrons. The molecule has 0 unspecified atom stereocenters. The first-order valence-electron chi connectivity index (χ1n) is 7.20. The summed E-state index contributed by atoms with van der Waals surface area (Å²) < 4.78 is 0. The number of likely N-dealkylation sites (N-methyl/N-ethyl adjacent to an activating group) is 1. The molecule has 1 aromatic heterocycles. The number of hydrogen-bond donors (Lipinski definition) is 3. The minimum atomic E-state index is -0.0414. The standard InChI is InChI=1S/C14H25N5O/c1-5-7-16-11-8-12(17-9-13(20)15-6-2)19-14(18-11)10(3)4/h8,10H,5-7,9H2,1-4H3,(H,15,20)(H2,16,17,18,19). The predicted octanol–water partition coefficient (Wildman–Crippen LogP) is 1.97. The van der Waals surface area contributed by atoms with E-state index < -0.39 is 0 Å². The van der Waals surface area contributed by atoms with Crippen molar-refractivity contribution in [1.29, 1.82) is 0 Å². The summed E-state index contributed by atoms with van der Waals surface area (Å²) in [7, 11) is 0. The maximum atomic E-state index is 11.5. The van der Waals surface area contributed by atoms with Gasteiger partial charge in [0, 0.05) is 25.1 Å². The summed E-state index contributed by atoms with van der Waals surface area (Å²) in [5.74, 6) is 2.44. The van der Waals surface area contributed by atoms with E-state index in [1.54, 1.807) is 0 Å². The highest BCUT2D eigenvalue weighted by Crippen LogP contribution is 2.16. The quantitative estimate of drug-likeness (QED) is 0.678. The molecule has 1 rings (SSSR count). The number of rotatable bonds is 8. The maximum Gasteiger partial charge on any atom is 0.239 e. The van der Waals surface area contributed by atoms with Crippen LogP contribution in [0.15, 0.2) is 6.07 Å². The summed E-state index contributed by atoms with van der Waals surface area (Å²) in [6.45, 7) is 9.81. The van der Waals surface area contributed by atoms with Crippen LogP contribution in [0.2, 0.25) is 0 Å². The van der Waals surface area contributed by atoms with Crippen LogP contribution in [0.3, 0.4) is 0 Å². The molecule has 0 atom stereocenters. The van der Waals surface area contributed by atoms with E-state index in [1.165, 1.54) is 0 Å². The summed E-state index contributed by atoms with van der Waals surface area (Å²) >= 11 is 0. The van der Waals surface area contributed by atoms with Gasteiger partial charge < -0.3 is 16.0 Å². The van der Waals surface area contributed by atoms with Gasteiger partial charge in [-0.15, -0.1) is 0 Å². The van der Waals surface area contributed by atoms with Crippen molar-refractivity contribution in [2.75, 3.05) is 30.3 Å². The van der Waals surface area contributed by atoms with E-state index in [-0.39, 0.29) is 18.4 Å². The van der Waals surface area contributed by atoms with Crippen molar-refractivity contribution >= 4 is 17.5 Å². The fourth-order valence-corrected chi connectivity index (χ4v) is 1.59. The van der Waals surface area contributed by atoms with E-state index in [1.807, 2.05) is 26.8 Å². The normalized spacial score (nSPS) is 10.4. The van der Waals surface area contributed by atoms with Crippen LogP contribution in [0.25, 0.3) is 0 Å². The van der Waals surface area contributed by atoms with E-state index >= 15 is 0 Å². The zero-order valence-corrected chi connectivity index (χ0v) is 12.8. The number of carbonyl (C=O) groups is 1. The average Bonchev–Trinajstić information content (AvgIpc) is 2.43. The fraction of sp³-hybridized carbons (Fsp3) is 0.643. The summed E-state index contributed by atoms with van der Waals surface area (Å²) in [5, 5.41) is 9.03. The van der Waals surface area contributed by atoms with Crippen molar-refractivity contribution < 1.29 is 4.79 Å². The molecule has 0 saturated heterocycles. The molecular formula is C14H25N5O. The largest absolute Gasteiger partial charge is 0.370 e. The number of amides is 1. The highest BCUT2D eigenvalue weighted by Gasteiger charge is 2.08. The molecule has 0 aliphatic carbocycles. The Kier molecular flexibility index (Phi) is 6.76. The van der Waals surface area contributed by atoms with Crippen molar-refractivity contribution in [3.05, 3.63) is 11.9 Å². The van der Waals surface area contributed by atoms with Gasteiger partial charge in [0.05, 0.1) is 6.54 Å². The minimum absolute atomic E-state index is 0.0414. The Hall–Kier alpha value is -1.85. The minimum Gasteiger partial charge on any atom is -0.370 e. The SMILES string of the molecule is CCCNc1cc(NCC(=O)NCC)nc(C(C)C)n1. The molecule has 1 aromatic rings. The van der Waals surface area contributed by atoms with E-state index in [0.29, 0.717) is 12.4 Å². The highest BCUT2D eigenvalue weighted by atomic mass is 16.1. The fourth-order valence-electron chi connectivity index (χ4n) is 1.59. The lowest BCUT2D eigenvalue weighted by molar-refractivity contribution is -0.119. The van der Waals surface area contributed by atoms with Crippen LogP contribution in [-0.2, 0) is 4.79 Å². The van der Waals surface area contributed by atoms with Crippen LogP contribution in [-0.4, -0.2) is 35.5 Å². The van der Waals surface area contributed by atoms with Crippen LogP contribution < -0.4 is 16.0 Å². The van der Waals surface area contributed by atoms with Crippen molar-refractivity contribution in [1.82, 2.24) is 15.3 Å². The molecule has 6 nitrogen and oxygen atoms in total. The summed E-state index contributed by atoms with van der Waals surface area (Å²) in [6, 6.07) is 1.83. The Balaban J connectivity index is 2.77. The van der Waals surface area contributed by atoms with Gasteiger partial charge in [0.25, 0.3) is 0 Å². The number of aromatic nitrogens is 2. The molecule has 20 heavy (non-hydrogen) atoms. The Labute approximate surface area is 120 Å². The number of hydrogen-bond acceptors (Lipinski definition) is 5. The first kappa shape index (κ1) is 16.2. The number of nitrogens with one attached hydrogen (secondary N) is 3. The van der Waals surface area contributed by atoms with Crippen molar-refractivity contribution in [2.45, 2.75) is 40.0 Å². The molecule has 1 heterocycles. The Morgan fingerprint density at radius 1 is 1.20 bits per heavy atom. The first-order valence-corrected chi connectivity index (χ1v) is 7.20. The smallest absolute Gasteiger partial charge is 0.239 e. The van der Waals surface area contributed by atoms with E-state index in [0.717, 1.165) is 24.6 Å². The van der Waals surface area contributed by atoms with Gasteiger partial charge >= 0.3 is 0 Å². The van der Waals surface area contributed by atoms with Crippen LogP contribution in [0, 0.1) is 0 Å². The second-order valence-electron chi connectivity index (χ2n) is 4.89. The third-order valence-corrected chi connectivity index (χ3v) is 2.62. The molecule has 1 amide bonds. The van der Waals surface area contributed by atoms with Gasteiger partial charge in [-0.2, -0.15) is 0 Å². The molecule has 6 heteroatoms. The first-order chi connectivity index (χ1) is 9.56. The van der Waals surface area contributed by atoms with Gasteiger partial charge in [0.1, 0.15) is 17.5 Å². The molecule has 0 aromatic carbocycles. The highest BCUT2D eigenvalue weighted by molar-refractivity contribution is 5.80. The molecule has 0 aliphatic heterocycles. The van der Waals surface area contributed by atoms with Crippen LogP contribution in [0.5, 0.6) is 0 Å². The van der Waals surface area contributed by atoms with Crippen LogP contribution in [0.4, 0.5) is 11.6 Å². The lowest BCUT2D eigenvalue weighted by atomic mass is 10.2. The molecular weight excluding hydrogens is 254 g/mol. The van der Waals surface area contributed by atoms with Crippen molar-refractivity contribution in [2.24, 2.45) is 0 Å². The third-order valence-electron chi connectivity index (χ3n) is 2.62. The van der Waals surface area contributed by atoms with Crippen LogP contribution >= 0.6 is 0 Å². The molecule has 0 spiro atoms. The third kappa shape index (κ3) is 5.42. The lowest BCUT2D eigenvalue weighted by Crippen LogP contribution is -2.29. The van der Waals surface area contributed by atoms with Gasteiger partial charge in [-0.25, -0.2) is 9.97 Å². The monoisotopic (exact) mass is 279 g/mol. The van der Waals surface area contributed by atoms with Gasteiger partial charge in [0.2, 0.25) is 5.91 Å². The Bertz CT molecular complexity index is 434. The topological polar surface area (TPSA) is 78.9 Å². The van der Waals surface area contributed by atoms with Gasteiger partial charge in [-0.05, 0) is 13.3 Å². The molecule has 3 N–H and O–H groups in total. The van der Waals surface area contributed by atoms with Crippen molar-refractivity contribution in [3.8, 4) is 0 Å². The van der Waals surface area contributed by atoms with Crippen LogP contribution in [0.1, 0.15) is 45.9 Å². The van der Waals surface area contributed by atoms with Gasteiger partial charge in [-0.1, -0.05) is 20.8 Å². The second kappa shape index (κ2) is 8.35. The average molecular weight is 279 g/mol. The Morgan fingerprint density at radius 2 is 1.85 bits per heavy atom. The zero-order valence-electron chi connectivity index (χ0n) is 12.8. The molecule has 0 fully saturated rings. The van der Waals surface area contributed by atoms with E-state index in [9.17, 15) is 4.79 Å². The molecule has 112 valence electrons. The second-order valence-corrected chi connectivity index (χ2v) is 4.89. The number of nitrogens with zero attached hydrogens (tertiary/aromatic N) is 2. The predicted molar refractivity (Wildman–Crippen MR) is 82.1 cm³/mol. The van der Waals surface area contributed by atoms with E-state index in [2.05, 4.69) is 32.8 Å². The lowest BCUT2D eigenvalue weighted by Gasteiger charge is -2.12. The molecule has 0 bridgehead atoms. The van der Waals surface area contributed by atoms with Gasteiger partial charge in [0.15, 0.2) is 0 Å². The number of carbonyl (C=O) groups excluding carboxylic acids is 1.